The van der Waals surface area contributed by atoms with Gasteiger partial charge in [-0.1, -0.05) is 44.9 Å². The predicted molar refractivity (Wildman–Crippen MR) is 206 cm³/mol. The van der Waals surface area contributed by atoms with E-state index in [0.717, 1.165) is 35.5 Å². The van der Waals surface area contributed by atoms with Crippen LogP contribution in [0.25, 0.3) is 16.6 Å². The van der Waals surface area contributed by atoms with E-state index in [4.69, 9.17) is 25.7 Å². The number of likely N-dealkylation sites (N-methyl/N-ethyl adjacent to an activating group) is 1. The molecule has 0 spiro atoms. The number of carbonyl (C=O) groups excluding carboxylic acids is 1. The van der Waals surface area contributed by atoms with E-state index in [1.807, 2.05) is 75.3 Å². The molecule has 11 heteroatoms. The Morgan fingerprint density at radius 2 is 1.76 bits per heavy atom. The highest BCUT2D eigenvalue weighted by molar-refractivity contribution is 6.04. The summed E-state index contributed by atoms with van der Waals surface area (Å²) in [6.45, 7) is 7.06. The van der Waals surface area contributed by atoms with Crippen LogP contribution in [-0.4, -0.2) is 68.8 Å². The Morgan fingerprint density at radius 3 is 2.44 bits per heavy atom. The van der Waals surface area contributed by atoms with Crippen molar-refractivity contribution in [1.29, 1.82) is 0 Å². The van der Waals surface area contributed by atoms with Gasteiger partial charge in [-0.2, -0.15) is 0 Å². The number of hydrogen-bond donors (Lipinski definition) is 4. The van der Waals surface area contributed by atoms with Crippen molar-refractivity contribution >= 4 is 34.0 Å². The maximum atomic E-state index is 11.9. The zero-order valence-corrected chi connectivity index (χ0v) is 31.1. The zero-order valence-electron chi connectivity index (χ0n) is 31.1. The molecule has 2 heterocycles. The number of carbonyl (C=O) groups is 1. The average molecular weight is 688 g/mol. The van der Waals surface area contributed by atoms with Crippen LogP contribution in [0.4, 0.5) is 5.69 Å². The normalized spacial score (nSPS) is 15.4. The van der Waals surface area contributed by atoms with Gasteiger partial charge in [-0.25, -0.2) is 4.99 Å². The van der Waals surface area contributed by atoms with E-state index >= 15 is 0 Å². The number of amidine groups is 1. The van der Waals surface area contributed by atoms with Gasteiger partial charge in [-0.3, -0.25) is 4.79 Å². The summed E-state index contributed by atoms with van der Waals surface area (Å²) in [7, 11) is 9.13. The quantitative estimate of drug-likeness (QED) is 0.160. The summed E-state index contributed by atoms with van der Waals surface area (Å²) in [5, 5.41) is 7.35. The minimum Gasteiger partial charge on any atom is -0.496 e. The summed E-state index contributed by atoms with van der Waals surface area (Å²) in [4.78, 5) is 18.2. The van der Waals surface area contributed by atoms with Gasteiger partial charge >= 0.3 is 0 Å². The molecular weight excluding hydrogens is 630 g/mol. The average Bonchev–Trinajstić information content (AvgIpc) is 3.75. The minimum absolute atomic E-state index is 0.0759. The number of allylic oxidation sites excluding steroid dienone is 1. The number of aryl methyl sites for hydroxylation is 2. The van der Waals surface area contributed by atoms with Gasteiger partial charge in [-0.05, 0) is 62.6 Å². The molecule has 272 valence electrons. The largest absolute Gasteiger partial charge is 0.496 e. The first kappa shape index (κ1) is 39.5. The van der Waals surface area contributed by atoms with Crippen molar-refractivity contribution in [1.82, 2.24) is 14.8 Å². The fraction of sp³-hybridized carbons (Fsp3) is 0.436. The van der Waals surface area contributed by atoms with Crippen LogP contribution < -0.4 is 31.6 Å². The molecule has 0 atom stereocenters. The number of methoxy groups -OCH3 is 2. The number of rotatable bonds is 12. The van der Waals surface area contributed by atoms with Gasteiger partial charge in [0, 0.05) is 50.2 Å². The van der Waals surface area contributed by atoms with Crippen LogP contribution in [0.1, 0.15) is 63.6 Å². The summed E-state index contributed by atoms with van der Waals surface area (Å²) >= 11 is 0. The van der Waals surface area contributed by atoms with Crippen molar-refractivity contribution in [2.24, 2.45) is 23.5 Å². The Hall–Kier alpha value is -4.90. The maximum absolute atomic E-state index is 11.9. The summed E-state index contributed by atoms with van der Waals surface area (Å²) < 4.78 is 18.5. The van der Waals surface area contributed by atoms with Gasteiger partial charge in [0.25, 0.3) is 0 Å². The van der Waals surface area contributed by atoms with Crippen molar-refractivity contribution < 1.29 is 19.0 Å². The number of benzene rings is 2. The van der Waals surface area contributed by atoms with Crippen LogP contribution in [0.15, 0.2) is 77.2 Å². The first-order valence-electron chi connectivity index (χ1n) is 17.4. The van der Waals surface area contributed by atoms with E-state index in [9.17, 15) is 4.79 Å². The van der Waals surface area contributed by atoms with Crippen LogP contribution in [0, 0.1) is 6.92 Å². The molecule has 1 aliphatic heterocycles. The Labute approximate surface area is 298 Å². The van der Waals surface area contributed by atoms with Crippen molar-refractivity contribution in [2.45, 2.75) is 65.3 Å². The first-order valence-corrected chi connectivity index (χ1v) is 17.4. The summed E-state index contributed by atoms with van der Waals surface area (Å²) in [5.74, 6) is 2.06. The molecule has 2 aliphatic rings. The monoisotopic (exact) mass is 687 g/mol. The number of aliphatic imine (C=N–C) groups is 1. The van der Waals surface area contributed by atoms with Crippen LogP contribution in [0.5, 0.6) is 11.5 Å². The molecule has 11 nitrogen and oxygen atoms in total. The van der Waals surface area contributed by atoms with E-state index in [0.29, 0.717) is 55.1 Å². The Balaban J connectivity index is 0.000000373. The van der Waals surface area contributed by atoms with Crippen molar-refractivity contribution in [3.8, 4) is 11.5 Å². The lowest BCUT2D eigenvalue weighted by Crippen LogP contribution is -2.33. The molecule has 0 unspecified atom stereocenters. The minimum atomic E-state index is 0.0759. The number of fused-ring (bicyclic) bond motifs is 1. The summed E-state index contributed by atoms with van der Waals surface area (Å²) in [6, 6.07) is 14.3. The summed E-state index contributed by atoms with van der Waals surface area (Å²) in [5.41, 5.74) is 18.8. The number of aromatic nitrogens is 1. The van der Waals surface area contributed by atoms with Crippen LogP contribution in [0.2, 0.25) is 0 Å². The Bertz CT molecular complexity index is 1680. The fourth-order valence-corrected chi connectivity index (χ4v) is 5.90. The van der Waals surface area contributed by atoms with Gasteiger partial charge < -0.3 is 45.8 Å². The molecule has 2 aromatic carbocycles. The van der Waals surface area contributed by atoms with E-state index < -0.39 is 0 Å². The number of nitrogens with two attached hydrogens (primary N) is 2. The highest BCUT2D eigenvalue weighted by Crippen LogP contribution is 2.30. The van der Waals surface area contributed by atoms with Gasteiger partial charge in [0.15, 0.2) is 0 Å². The number of hydrogen-bond acceptors (Lipinski definition) is 9. The van der Waals surface area contributed by atoms with Crippen LogP contribution in [0.3, 0.4) is 0 Å². The molecule has 5 rings (SSSR count). The van der Waals surface area contributed by atoms with Crippen LogP contribution >= 0.6 is 0 Å². The topological polar surface area (TPSA) is 141 Å². The number of nitrogens with one attached hydrogen (secondary N) is 2. The summed E-state index contributed by atoms with van der Waals surface area (Å²) in [6.07, 6.45) is 11.4. The third-order valence-corrected chi connectivity index (χ3v) is 8.76. The lowest BCUT2D eigenvalue weighted by molar-refractivity contribution is -0.122. The number of nitrogens with zero attached hydrogens (tertiary/aromatic N) is 3. The van der Waals surface area contributed by atoms with Crippen LogP contribution in [-0.2, 0) is 16.6 Å². The second-order valence-electron chi connectivity index (χ2n) is 11.9. The highest BCUT2D eigenvalue weighted by Gasteiger charge is 2.21. The third-order valence-electron chi connectivity index (χ3n) is 8.76. The molecule has 3 aromatic rings. The standard InChI is InChI=1S/C26H38N6O3.C11H13NO.C2H6/c1-29-21-12-11-18(16-22(21)34-3)24(27)25-26(28)30-17-20(32(25)2)10-6-7-14-35-15-13-23(33)31-19-8-4-5-9-19;1-8-7-9-10(12(8)2)5-4-6-11(9)13-3;1-2/h6,10-12,16-17,19,29H,4-5,7-9,13-15,27H2,1-3H3,(H2,28,30)(H,31,33);4-7H,1-3H3;1-2H3/b10-6+,25-24-;;. The molecule has 1 fully saturated rings. The predicted octanol–water partition coefficient (Wildman–Crippen LogP) is 6.44. The van der Waals surface area contributed by atoms with Crippen molar-refractivity contribution in [2.75, 3.05) is 46.8 Å². The van der Waals surface area contributed by atoms with Crippen molar-refractivity contribution in [3.63, 3.8) is 0 Å². The number of ether oxygens (including phenoxy) is 3. The van der Waals surface area contributed by atoms with E-state index in [1.54, 1.807) is 20.4 Å². The van der Waals surface area contributed by atoms with E-state index in [2.05, 4.69) is 46.3 Å². The molecule has 6 N–H and O–H groups in total. The molecule has 1 amide bonds. The maximum Gasteiger partial charge on any atom is 0.222 e. The molecule has 0 saturated heterocycles. The van der Waals surface area contributed by atoms with Gasteiger partial charge in [0.1, 0.15) is 23.0 Å². The molecule has 0 bridgehead atoms. The zero-order chi connectivity index (χ0) is 36.6. The van der Waals surface area contributed by atoms with Crippen molar-refractivity contribution in [3.05, 3.63) is 83.5 Å². The smallest absolute Gasteiger partial charge is 0.222 e. The highest BCUT2D eigenvalue weighted by atomic mass is 16.5. The Morgan fingerprint density at radius 1 is 1.04 bits per heavy atom. The fourth-order valence-electron chi connectivity index (χ4n) is 5.90. The Kier molecular flexibility index (Phi) is 15.8. The third kappa shape index (κ3) is 10.3. The lowest BCUT2D eigenvalue weighted by atomic mass is 10.1. The van der Waals surface area contributed by atoms with Gasteiger partial charge in [0.2, 0.25) is 5.91 Å². The molecular formula is C39H57N7O4. The van der Waals surface area contributed by atoms with Gasteiger partial charge in [0.05, 0.1) is 56.2 Å². The second kappa shape index (κ2) is 19.9. The molecule has 1 aliphatic carbocycles. The SMILES string of the molecule is CC.CNc1ccc(/C(N)=C2\C(N)=NC=C(/C=C/CCOCCC(=O)NC3CCCC3)N2C)cc1OC.COc1cccc2c1cc(C)n2C. The van der Waals surface area contributed by atoms with Gasteiger partial charge in [-0.15, -0.1) is 0 Å². The first-order chi connectivity index (χ1) is 24.2. The molecule has 0 radical (unpaired) electrons. The lowest BCUT2D eigenvalue weighted by Gasteiger charge is -2.28. The molecule has 50 heavy (non-hydrogen) atoms. The number of amides is 1. The van der Waals surface area contributed by atoms with E-state index in [1.165, 1.54) is 29.4 Å². The molecule has 1 aromatic heterocycles. The second-order valence-corrected chi connectivity index (χ2v) is 11.9. The van der Waals surface area contributed by atoms with E-state index in [-0.39, 0.29) is 5.91 Å². The molecule has 1 saturated carbocycles. The number of anilines is 1.